The van der Waals surface area contributed by atoms with Crippen molar-refractivity contribution in [3.05, 3.63) is 12.2 Å². The summed E-state index contributed by atoms with van der Waals surface area (Å²) < 4.78 is 5.24. The summed E-state index contributed by atoms with van der Waals surface area (Å²) in [6.07, 6.45) is 1.48. The Morgan fingerprint density at radius 2 is 1.50 bits per heavy atom. The Kier molecular flexibility index (Phi) is 9.13. The first-order valence-electron chi connectivity index (χ1n) is 7.56. The fourth-order valence-corrected chi connectivity index (χ4v) is 2.19. The minimum Gasteiger partial charge on any atom is -0.459 e. The van der Waals surface area contributed by atoms with E-state index in [2.05, 4.69) is 17.2 Å². The van der Waals surface area contributed by atoms with Crippen molar-refractivity contribution in [3.8, 4) is 0 Å². The zero-order chi connectivity index (χ0) is 17.3. The molecule has 3 atom stereocenters. The molecule has 0 aliphatic rings. The van der Waals surface area contributed by atoms with E-state index in [0.717, 1.165) is 6.42 Å². The first-order valence-corrected chi connectivity index (χ1v) is 7.56. The van der Waals surface area contributed by atoms with Gasteiger partial charge in [-0.25, -0.2) is 4.79 Å². The predicted molar refractivity (Wildman–Crippen MR) is 85.1 cm³/mol. The third-order valence-corrected chi connectivity index (χ3v) is 3.15. The summed E-state index contributed by atoms with van der Waals surface area (Å²) >= 11 is 0. The van der Waals surface area contributed by atoms with Gasteiger partial charge >= 0.3 is 5.97 Å². The van der Waals surface area contributed by atoms with E-state index in [4.69, 9.17) is 4.74 Å². The minimum absolute atomic E-state index is 0.0293. The molecule has 0 saturated heterocycles. The summed E-state index contributed by atoms with van der Waals surface area (Å²) in [7, 11) is 0. The third-order valence-electron chi connectivity index (χ3n) is 3.15. The van der Waals surface area contributed by atoms with Gasteiger partial charge in [-0.2, -0.15) is 0 Å². The van der Waals surface area contributed by atoms with E-state index in [9.17, 15) is 14.4 Å². The smallest absolute Gasteiger partial charge is 0.333 e. The zero-order valence-corrected chi connectivity index (χ0v) is 14.2. The van der Waals surface area contributed by atoms with Crippen LogP contribution in [0.15, 0.2) is 12.2 Å². The van der Waals surface area contributed by atoms with Gasteiger partial charge in [-0.15, -0.1) is 0 Å². The Labute approximate surface area is 132 Å². The van der Waals surface area contributed by atoms with E-state index >= 15 is 0 Å². The maximum Gasteiger partial charge on any atom is 0.333 e. The lowest BCUT2D eigenvalue weighted by Gasteiger charge is -2.26. The van der Waals surface area contributed by atoms with Crippen molar-refractivity contribution in [3.63, 3.8) is 0 Å². The summed E-state index contributed by atoms with van der Waals surface area (Å²) in [5.74, 6) is -0.695. The summed E-state index contributed by atoms with van der Waals surface area (Å²) in [6, 6.07) is -0.208. The average Bonchev–Trinajstić information content (AvgIpc) is 2.35. The highest BCUT2D eigenvalue weighted by atomic mass is 16.5. The van der Waals surface area contributed by atoms with Crippen LogP contribution in [0.4, 0.5) is 0 Å². The third kappa shape index (κ3) is 9.15. The van der Waals surface area contributed by atoms with Crippen LogP contribution in [-0.4, -0.2) is 36.0 Å². The van der Waals surface area contributed by atoms with Crippen LogP contribution < -0.4 is 10.6 Å². The topological polar surface area (TPSA) is 84.5 Å². The summed E-state index contributed by atoms with van der Waals surface area (Å²) in [6.45, 7) is 11.8. The molecule has 0 fully saturated rings. The number of amides is 2. The van der Waals surface area contributed by atoms with E-state index in [1.54, 1.807) is 13.8 Å². The average molecular weight is 312 g/mol. The second-order valence-corrected chi connectivity index (χ2v) is 5.67. The molecule has 0 aromatic rings. The molecule has 22 heavy (non-hydrogen) atoms. The van der Waals surface area contributed by atoms with Crippen molar-refractivity contribution >= 4 is 17.8 Å². The van der Waals surface area contributed by atoms with Gasteiger partial charge in [-0.05, 0) is 26.7 Å². The first-order chi connectivity index (χ1) is 10.1. The summed E-state index contributed by atoms with van der Waals surface area (Å²) in [5, 5.41) is 5.70. The number of hydrogen-bond donors (Lipinski definition) is 2. The lowest BCUT2D eigenvalue weighted by atomic mass is 9.99. The van der Waals surface area contributed by atoms with Gasteiger partial charge in [0.25, 0.3) is 0 Å². The zero-order valence-electron chi connectivity index (χ0n) is 14.2. The van der Waals surface area contributed by atoms with Gasteiger partial charge in [0.15, 0.2) is 0 Å². The van der Waals surface area contributed by atoms with E-state index < -0.39 is 5.97 Å². The molecule has 0 radical (unpaired) electrons. The molecule has 0 rings (SSSR count). The highest BCUT2D eigenvalue weighted by molar-refractivity contribution is 5.87. The van der Waals surface area contributed by atoms with Gasteiger partial charge in [0.05, 0.1) is 0 Å². The van der Waals surface area contributed by atoms with Crippen molar-refractivity contribution in [1.82, 2.24) is 10.6 Å². The number of ether oxygens (including phenoxy) is 1. The molecule has 126 valence electrons. The number of esters is 1. The van der Waals surface area contributed by atoms with Gasteiger partial charge in [0, 0.05) is 37.9 Å². The Morgan fingerprint density at radius 1 is 1.00 bits per heavy atom. The maximum absolute atomic E-state index is 11.5. The van der Waals surface area contributed by atoms with Gasteiger partial charge in [-0.3, -0.25) is 9.59 Å². The number of carbonyl (C=O) groups is 3. The highest BCUT2D eigenvalue weighted by Gasteiger charge is 2.21. The van der Waals surface area contributed by atoms with Crippen LogP contribution in [0, 0.1) is 0 Å². The molecule has 0 spiro atoms. The highest BCUT2D eigenvalue weighted by Crippen LogP contribution is 2.12. The SMILES string of the molecule is C=C(C)C(=O)OC(C)CC(CC(CC)NC(C)=O)NC(C)=O. The Morgan fingerprint density at radius 3 is 1.91 bits per heavy atom. The molecular formula is C16H28N2O4. The Balaban J connectivity index is 4.68. The molecule has 0 bridgehead atoms. The molecule has 0 saturated carbocycles. The van der Waals surface area contributed by atoms with Crippen molar-refractivity contribution < 1.29 is 19.1 Å². The molecule has 6 heteroatoms. The molecule has 0 aromatic carbocycles. The van der Waals surface area contributed by atoms with Crippen LogP contribution in [0.2, 0.25) is 0 Å². The maximum atomic E-state index is 11.5. The van der Waals surface area contributed by atoms with Gasteiger partial charge in [0.2, 0.25) is 11.8 Å². The normalized spacial score (nSPS) is 14.4. The monoisotopic (exact) mass is 312 g/mol. The van der Waals surface area contributed by atoms with E-state index in [-0.39, 0.29) is 30.0 Å². The Hall–Kier alpha value is -1.85. The number of rotatable bonds is 9. The van der Waals surface area contributed by atoms with Crippen molar-refractivity contribution in [2.45, 2.75) is 72.1 Å². The van der Waals surface area contributed by atoms with E-state index in [1.165, 1.54) is 13.8 Å². The van der Waals surface area contributed by atoms with Crippen LogP contribution in [-0.2, 0) is 19.1 Å². The second-order valence-electron chi connectivity index (χ2n) is 5.67. The van der Waals surface area contributed by atoms with Crippen LogP contribution in [0.25, 0.3) is 0 Å². The Bertz CT molecular complexity index is 420. The fourth-order valence-electron chi connectivity index (χ4n) is 2.19. The van der Waals surface area contributed by atoms with Crippen LogP contribution >= 0.6 is 0 Å². The van der Waals surface area contributed by atoms with Gasteiger partial charge in [0.1, 0.15) is 6.10 Å². The van der Waals surface area contributed by atoms with Gasteiger partial charge < -0.3 is 15.4 Å². The largest absolute Gasteiger partial charge is 0.459 e. The molecule has 0 aliphatic heterocycles. The van der Waals surface area contributed by atoms with E-state index in [1.807, 2.05) is 6.92 Å². The first kappa shape index (κ1) is 20.1. The van der Waals surface area contributed by atoms with E-state index in [0.29, 0.717) is 18.4 Å². The molecule has 2 amide bonds. The fraction of sp³-hybridized carbons (Fsp3) is 0.688. The number of nitrogens with one attached hydrogen (secondary N) is 2. The minimum atomic E-state index is -0.442. The molecule has 3 unspecified atom stereocenters. The lowest BCUT2D eigenvalue weighted by molar-refractivity contribution is -0.143. The molecule has 0 aromatic heterocycles. The van der Waals surface area contributed by atoms with Crippen LogP contribution in [0.5, 0.6) is 0 Å². The standard InChI is InChI=1S/C16H28N2O4/c1-7-14(17-12(5)19)9-15(18-13(6)20)8-11(4)22-16(21)10(2)3/h11,14-15H,2,7-9H2,1,3-6H3,(H,17,19)(H,18,20). The van der Waals surface area contributed by atoms with Crippen molar-refractivity contribution in [2.24, 2.45) is 0 Å². The van der Waals surface area contributed by atoms with Crippen LogP contribution in [0.3, 0.4) is 0 Å². The number of hydrogen-bond acceptors (Lipinski definition) is 4. The quantitative estimate of drug-likeness (QED) is 0.501. The van der Waals surface area contributed by atoms with Crippen molar-refractivity contribution in [2.75, 3.05) is 0 Å². The molecule has 6 nitrogen and oxygen atoms in total. The van der Waals surface area contributed by atoms with Crippen molar-refractivity contribution in [1.29, 1.82) is 0 Å². The summed E-state index contributed by atoms with van der Waals surface area (Å²) in [4.78, 5) is 34.0. The molecule has 2 N–H and O–H groups in total. The van der Waals surface area contributed by atoms with Gasteiger partial charge in [-0.1, -0.05) is 13.5 Å². The molecule has 0 heterocycles. The molecule has 0 aliphatic carbocycles. The number of carbonyl (C=O) groups excluding carboxylic acids is 3. The van der Waals surface area contributed by atoms with Crippen LogP contribution in [0.1, 0.15) is 53.9 Å². The molecular weight excluding hydrogens is 284 g/mol. The summed E-state index contributed by atoms with van der Waals surface area (Å²) in [5.41, 5.74) is 0.340. The second kappa shape index (κ2) is 9.97. The predicted octanol–water partition coefficient (Wildman–Crippen LogP) is 1.69. The lowest BCUT2D eigenvalue weighted by Crippen LogP contribution is -2.43.